The minimum absolute atomic E-state index is 0.377. The first kappa shape index (κ1) is 11.8. The van der Waals surface area contributed by atoms with Gasteiger partial charge in [-0.05, 0) is 13.0 Å². The van der Waals surface area contributed by atoms with E-state index in [1.165, 1.54) is 0 Å². The molecule has 0 amide bonds. The average Bonchev–Trinajstić information content (AvgIpc) is 2.25. The van der Waals surface area contributed by atoms with Crippen LogP contribution in [0.5, 0.6) is 5.75 Å². The summed E-state index contributed by atoms with van der Waals surface area (Å²) >= 11 is 18.3. The first-order chi connectivity index (χ1) is 7.54. The summed E-state index contributed by atoms with van der Waals surface area (Å²) in [6, 6.07) is 3.45. The summed E-state index contributed by atoms with van der Waals surface area (Å²) in [5, 5.41) is 2.11. The van der Waals surface area contributed by atoms with Gasteiger partial charge in [0.1, 0.15) is 10.9 Å². The molecule has 16 heavy (non-hydrogen) atoms. The molecule has 0 saturated heterocycles. The number of pyridine rings is 1. The summed E-state index contributed by atoms with van der Waals surface area (Å²) in [4.78, 5) is 4.22. The third-order valence-electron chi connectivity index (χ3n) is 2.36. The highest BCUT2D eigenvalue weighted by Gasteiger charge is 2.13. The quantitative estimate of drug-likeness (QED) is 0.715. The van der Waals surface area contributed by atoms with Gasteiger partial charge in [-0.1, -0.05) is 34.8 Å². The molecule has 0 unspecified atom stereocenters. The Morgan fingerprint density at radius 2 is 1.88 bits per heavy atom. The zero-order valence-corrected chi connectivity index (χ0v) is 10.9. The number of benzene rings is 1. The van der Waals surface area contributed by atoms with Gasteiger partial charge in [0.2, 0.25) is 0 Å². The summed E-state index contributed by atoms with van der Waals surface area (Å²) < 4.78 is 5.10. The van der Waals surface area contributed by atoms with Crippen molar-refractivity contribution in [2.75, 3.05) is 7.11 Å². The van der Waals surface area contributed by atoms with Gasteiger partial charge in [0.05, 0.1) is 22.7 Å². The van der Waals surface area contributed by atoms with E-state index >= 15 is 0 Å². The number of nitrogens with zero attached hydrogens (tertiary/aromatic N) is 1. The molecule has 0 fully saturated rings. The Bertz CT molecular complexity index is 569. The van der Waals surface area contributed by atoms with Crippen LogP contribution in [0.2, 0.25) is 15.2 Å². The predicted molar refractivity (Wildman–Crippen MR) is 68.1 cm³/mol. The van der Waals surface area contributed by atoms with Crippen LogP contribution in [0.15, 0.2) is 12.1 Å². The molecule has 0 aliphatic heterocycles. The minimum atomic E-state index is 0.377. The van der Waals surface area contributed by atoms with E-state index in [0.29, 0.717) is 31.9 Å². The van der Waals surface area contributed by atoms with Crippen LogP contribution in [0.4, 0.5) is 0 Å². The number of hydrogen-bond acceptors (Lipinski definition) is 2. The molecule has 1 aromatic carbocycles. The maximum absolute atomic E-state index is 6.18. The van der Waals surface area contributed by atoms with Crippen molar-refractivity contribution < 1.29 is 4.74 Å². The van der Waals surface area contributed by atoms with Crippen LogP contribution >= 0.6 is 34.8 Å². The molecule has 0 spiro atoms. The molecule has 0 aliphatic carbocycles. The van der Waals surface area contributed by atoms with E-state index in [2.05, 4.69) is 4.98 Å². The van der Waals surface area contributed by atoms with E-state index in [-0.39, 0.29) is 0 Å². The SMILES string of the molecule is COc1cc(Cl)c2c(Cl)c(C)c(Cl)nc2c1. The maximum Gasteiger partial charge on any atom is 0.134 e. The number of hydrogen-bond donors (Lipinski definition) is 0. The average molecular weight is 277 g/mol. The van der Waals surface area contributed by atoms with E-state index in [9.17, 15) is 0 Å². The van der Waals surface area contributed by atoms with Gasteiger partial charge in [-0.2, -0.15) is 0 Å². The number of fused-ring (bicyclic) bond motifs is 1. The van der Waals surface area contributed by atoms with Crippen molar-refractivity contribution in [1.82, 2.24) is 4.98 Å². The van der Waals surface area contributed by atoms with Crippen LogP contribution in [0, 0.1) is 6.92 Å². The summed E-state index contributed by atoms with van der Waals surface area (Å²) in [5.74, 6) is 0.626. The standard InChI is InChI=1S/C11H8Cl3NO/c1-5-10(13)9-7(12)3-6(16-2)4-8(9)15-11(5)14/h3-4H,1-2H3. The third kappa shape index (κ3) is 1.81. The molecular formula is C11H8Cl3NO. The van der Waals surface area contributed by atoms with Gasteiger partial charge in [-0.3, -0.25) is 0 Å². The number of methoxy groups -OCH3 is 1. The highest BCUT2D eigenvalue weighted by molar-refractivity contribution is 6.44. The van der Waals surface area contributed by atoms with E-state index in [1.807, 2.05) is 0 Å². The van der Waals surface area contributed by atoms with Gasteiger partial charge in [0, 0.05) is 17.0 Å². The van der Waals surface area contributed by atoms with Crippen molar-refractivity contribution in [1.29, 1.82) is 0 Å². The topological polar surface area (TPSA) is 22.1 Å². The van der Waals surface area contributed by atoms with Gasteiger partial charge in [0.25, 0.3) is 0 Å². The molecule has 0 radical (unpaired) electrons. The Balaban J connectivity index is 2.90. The van der Waals surface area contributed by atoms with Crippen LogP contribution in [0.1, 0.15) is 5.56 Å². The first-order valence-electron chi connectivity index (χ1n) is 4.53. The smallest absolute Gasteiger partial charge is 0.134 e. The number of rotatable bonds is 1. The molecule has 84 valence electrons. The second kappa shape index (κ2) is 4.28. The maximum atomic E-state index is 6.18. The Labute approximate surface area is 108 Å². The molecular weight excluding hydrogens is 268 g/mol. The number of halogens is 3. The van der Waals surface area contributed by atoms with Gasteiger partial charge in [0.15, 0.2) is 0 Å². The molecule has 0 saturated carbocycles. The summed E-state index contributed by atoms with van der Waals surface area (Å²) in [6.45, 7) is 1.80. The van der Waals surface area contributed by atoms with Crippen molar-refractivity contribution >= 4 is 45.7 Å². The third-order valence-corrected chi connectivity index (χ3v) is 3.49. The van der Waals surface area contributed by atoms with Crippen molar-refractivity contribution in [2.45, 2.75) is 6.92 Å². The van der Waals surface area contributed by atoms with Gasteiger partial charge >= 0.3 is 0 Å². The predicted octanol–water partition coefficient (Wildman–Crippen LogP) is 4.51. The normalized spacial score (nSPS) is 10.8. The molecule has 0 N–H and O–H groups in total. The van der Waals surface area contributed by atoms with Crippen molar-refractivity contribution in [3.8, 4) is 5.75 Å². The Kier molecular flexibility index (Phi) is 3.15. The number of aromatic nitrogens is 1. The Morgan fingerprint density at radius 1 is 1.19 bits per heavy atom. The summed E-state index contributed by atoms with van der Waals surface area (Å²) in [7, 11) is 1.56. The second-order valence-electron chi connectivity index (χ2n) is 3.34. The highest BCUT2D eigenvalue weighted by Crippen LogP contribution is 2.36. The van der Waals surface area contributed by atoms with Crippen molar-refractivity contribution in [3.63, 3.8) is 0 Å². The fraction of sp³-hybridized carbons (Fsp3) is 0.182. The van der Waals surface area contributed by atoms with E-state index in [4.69, 9.17) is 39.5 Å². The van der Waals surface area contributed by atoms with Gasteiger partial charge in [-0.25, -0.2) is 4.98 Å². The monoisotopic (exact) mass is 275 g/mol. The molecule has 1 heterocycles. The zero-order chi connectivity index (χ0) is 11.9. The number of ether oxygens (including phenoxy) is 1. The van der Waals surface area contributed by atoms with Crippen LogP contribution in [-0.2, 0) is 0 Å². The van der Waals surface area contributed by atoms with E-state index in [0.717, 1.165) is 5.56 Å². The van der Waals surface area contributed by atoms with Crippen LogP contribution in [-0.4, -0.2) is 12.1 Å². The minimum Gasteiger partial charge on any atom is -0.497 e. The Hall–Kier alpha value is -0.700. The fourth-order valence-electron chi connectivity index (χ4n) is 1.46. The molecule has 2 aromatic rings. The fourth-order valence-corrected chi connectivity index (χ4v) is 2.33. The second-order valence-corrected chi connectivity index (χ2v) is 4.49. The lowest BCUT2D eigenvalue weighted by atomic mass is 10.1. The van der Waals surface area contributed by atoms with Crippen molar-refractivity contribution in [2.24, 2.45) is 0 Å². The molecule has 1 aromatic heterocycles. The molecule has 5 heteroatoms. The summed E-state index contributed by atoms with van der Waals surface area (Å²) in [5.41, 5.74) is 1.35. The largest absolute Gasteiger partial charge is 0.497 e. The van der Waals surface area contributed by atoms with E-state index < -0.39 is 0 Å². The lowest BCUT2D eigenvalue weighted by molar-refractivity contribution is 0.415. The van der Waals surface area contributed by atoms with Gasteiger partial charge < -0.3 is 4.74 Å². The lowest BCUT2D eigenvalue weighted by Gasteiger charge is -2.09. The summed E-state index contributed by atoms with van der Waals surface area (Å²) in [6.07, 6.45) is 0. The molecule has 2 nitrogen and oxygen atoms in total. The highest BCUT2D eigenvalue weighted by atomic mass is 35.5. The molecule has 0 aliphatic rings. The molecule has 0 atom stereocenters. The van der Waals surface area contributed by atoms with Gasteiger partial charge in [-0.15, -0.1) is 0 Å². The van der Waals surface area contributed by atoms with Crippen molar-refractivity contribution in [3.05, 3.63) is 32.9 Å². The van der Waals surface area contributed by atoms with Crippen LogP contribution in [0.25, 0.3) is 10.9 Å². The Morgan fingerprint density at radius 3 is 2.50 bits per heavy atom. The van der Waals surface area contributed by atoms with E-state index in [1.54, 1.807) is 26.2 Å². The van der Waals surface area contributed by atoms with Crippen LogP contribution in [0.3, 0.4) is 0 Å². The molecule has 0 bridgehead atoms. The first-order valence-corrected chi connectivity index (χ1v) is 5.67. The zero-order valence-electron chi connectivity index (χ0n) is 8.64. The van der Waals surface area contributed by atoms with Crippen LogP contribution < -0.4 is 4.74 Å². The lowest BCUT2D eigenvalue weighted by Crippen LogP contribution is -1.90. The molecule has 2 rings (SSSR count).